The monoisotopic (exact) mass is 455 g/mol. The highest BCUT2D eigenvalue weighted by molar-refractivity contribution is 5.77. The van der Waals surface area contributed by atoms with Crippen LogP contribution in [-0.4, -0.2) is 50.6 Å². The van der Waals surface area contributed by atoms with Crippen LogP contribution in [0.25, 0.3) is 0 Å². The molecule has 1 fully saturated rings. The van der Waals surface area contributed by atoms with E-state index in [9.17, 15) is 9.90 Å². The zero-order chi connectivity index (χ0) is 23.8. The molecule has 1 atom stereocenters. The number of methoxy groups -OCH3 is 1. The fraction of sp³-hybridized carbons (Fsp3) is 0.440. The number of carbonyl (C=O) groups is 1. The van der Waals surface area contributed by atoms with Gasteiger partial charge in [-0.05, 0) is 61.7 Å². The molecule has 0 aromatic heterocycles. The highest BCUT2D eigenvalue weighted by atomic mass is 19.1. The molecule has 0 unspecified atom stereocenters. The summed E-state index contributed by atoms with van der Waals surface area (Å²) >= 11 is 0. The summed E-state index contributed by atoms with van der Waals surface area (Å²) in [5.74, 6) is -2.09. The van der Waals surface area contributed by atoms with E-state index in [0.717, 1.165) is 18.5 Å². The van der Waals surface area contributed by atoms with Crippen LogP contribution in [0.4, 0.5) is 21.5 Å². The van der Waals surface area contributed by atoms with Crippen molar-refractivity contribution < 1.29 is 23.8 Å². The second-order valence-electron chi connectivity index (χ2n) is 8.08. The second-order valence-corrected chi connectivity index (χ2v) is 8.08. The highest BCUT2D eigenvalue weighted by Gasteiger charge is 2.26. The number of hydrogen-bond donors (Lipinski definition) is 2. The Labute approximate surface area is 193 Å². The average molecular weight is 456 g/mol. The van der Waals surface area contributed by atoms with Gasteiger partial charge in [0, 0.05) is 44.5 Å². The lowest BCUT2D eigenvalue weighted by Crippen LogP contribution is -2.39. The van der Waals surface area contributed by atoms with Gasteiger partial charge in [0.1, 0.15) is 5.82 Å². The third kappa shape index (κ3) is 6.21. The molecule has 2 aromatic rings. The zero-order valence-corrected chi connectivity index (χ0v) is 19.0. The number of nitrogens with zero attached hydrogens (tertiary/aromatic N) is 2. The van der Waals surface area contributed by atoms with Gasteiger partial charge in [-0.25, -0.2) is 4.39 Å². The molecular formula is C25H30FN3O4. The second kappa shape index (κ2) is 11.6. The van der Waals surface area contributed by atoms with E-state index in [1.807, 2.05) is 6.92 Å². The number of carboxylic acid groups (broad SMARTS) is 1. The van der Waals surface area contributed by atoms with Crippen LogP contribution in [-0.2, 0) is 14.3 Å². The lowest BCUT2D eigenvalue weighted by Gasteiger charge is -2.37. The largest absolute Gasteiger partial charge is 0.481 e. The van der Waals surface area contributed by atoms with E-state index in [-0.39, 0.29) is 19.1 Å². The molecule has 8 heteroatoms. The first kappa shape index (κ1) is 24.5. The molecule has 3 rings (SSSR count). The Morgan fingerprint density at radius 3 is 2.61 bits per heavy atom. The molecule has 2 aromatic carbocycles. The van der Waals surface area contributed by atoms with Crippen molar-refractivity contribution in [2.45, 2.75) is 38.1 Å². The van der Waals surface area contributed by atoms with E-state index in [1.165, 1.54) is 13.2 Å². The lowest BCUT2D eigenvalue weighted by molar-refractivity contribution is -0.137. The lowest BCUT2D eigenvalue weighted by atomic mass is 9.94. The maximum absolute atomic E-state index is 15.4. The van der Waals surface area contributed by atoms with Crippen LogP contribution in [0.1, 0.15) is 43.2 Å². The predicted molar refractivity (Wildman–Crippen MR) is 125 cm³/mol. The van der Waals surface area contributed by atoms with Crippen LogP contribution in [0.3, 0.4) is 0 Å². The quantitative estimate of drug-likeness (QED) is 0.538. The molecule has 7 nitrogen and oxygen atoms in total. The summed E-state index contributed by atoms with van der Waals surface area (Å²) in [6, 6.07) is 12.5. The first-order valence-corrected chi connectivity index (χ1v) is 11.1. The molecule has 0 spiro atoms. The molecule has 1 aliphatic rings. The molecule has 1 heterocycles. The number of nitriles is 1. The van der Waals surface area contributed by atoms with E-state index in [2.05, 4.69) is 16.3 Å². The maximum Gasteiger partial charge on any atom is 0.304 e. The van der Waals surface area contributed by atoms with Crippen molar-refractivity contribution in [1.82, 2.24) is 0 Å². The van der Waals surface area contributed by atoms with Gasteiger partial charge in [0.15, 0.2) is 0 Å². The van der Waals surface area contributed by atoms with E-state index < -0.39 is 17.7 Å². The van der Waals surface area contributed by atoms with Crippen LogP contribution in [0, 0.1) is 17.1 Å². The fourth-order valence-corrected chi connectivity index (χ4v) is 4.31. The number of nitrogens with one attached hydrogen (secondary N) is 1. The Bertz CT molecular complexity index is 984. The number of ether oxygens (including phenoxy) is 2. The van der Waals surface area contributed by atoms with Crippen LogP contribution in [0.2, 0.25) is 0 Å². The molecular weight excluding hydrogens is 425 g/mol. The predicted octanol–water partition coefficient (Wildman–Crippen LogP) is 4.65. The molecule has 0 aliphatic carbocycles. The number of hydrogen-bond acceptors (Lipinski definition) is 6. The van der Waals surface area contributed by atoms with Gasteiger partial charge in [-0.15, -0.1) is 0 Å². The molecule has 0 amide bonds. The summed E-state index contributed by atoms with van der Waals surface area (Å²) in [5.41, 5.74) is 2.97. The maximum atomic E-state index is 15.4. The molecule has 0 bridgehead atoms. The van der Waals surface area contributed by atoms with Gasteiger partial charge in [0.05, 0.1) is 36.0 Å². The minimum Gasteiger partial charge on any atom is -0.481 e. The van der Waals surface area contributed by atoms with Gasteiger partial charge < -0.3 is 24.8 Å². The normalized spacial score (nSPS) is 15.0. The number of benzene rings is 2. The number of aliphatic carboxylic acids is 1. The van der Waals surface area contributed by atoms with E-state index in [1.54, 1.807) is 30.3 Å². The Kier molecular flexibility index (Phi) is 8.64. The van der Waals surface area contributed by atoms with Gasteiger partial charge in [0.2, 0.25) is 0 Å². The van der Waals surface area contributed by atoms with Gasteiger partial charge in [-0.1, -0.05) is 0 Å². The van der Waals surface area contributed by atoms with Gasteiger partial charge in [-0.3, -0.25) is 4.79 Å². The van der Waals surface area contributed by atoms with E-state index >= 15 is 4.39 Å². The van der Waals surface area contributed by atoms with Crippen molar-refractivity contribution in [2.75, 3.05) is 43.7 Å². The first-order valence-electron chi connectivity index (χ1n) is 11.1. The minimum absolute atomic E-state index is 0.0936. The van der Waals surface area contributed by atoms with Crippen molar-refractivity contribution in [1.29, 1.82) is 5.26 Å². The first-order chi connectivity index (χ1) is 16.0. The Balaban J connectivity index is 2.06. The zero-order valence-electron chi connectivity index (χ0n) is 19.0. The Morgan fingerprint density at radius 1 is 1.33 bits per heavy atom. The third-order valence-electron chi connectivity index (χ3n) is 5.92. The van der Waals surface area contributed by atoms with Crippen molar-refractivity contribution in [2.24, 2.45) is 0 Å². The molecule has 1 saturated heterocycles. The van der Waals surface area contributed by atoms with Crippen LogP contribution >= 0.6 is 0 Å². The third-order valence-corrected chi connectivity index (χ3v) is 5.92. The number of rotatable bonds is 10. The number of anilines is 3. The smallest absolute Gasteiger partial charge is 0.304 e. The summed E-state index contributed by atoms with van der Waals surface area (Å²) in [5, 5.41) is 21.8. The van der Waals surface area contributed by atoms with Crippen molar-refractivity contribution in [3.8, 4) is 6.07 Å². The standard InChI is InChI=1S/C25H30FN3O4/c1-3-29(20-8-10-33-11-9-20)24-14-22(26)21(18(16-32-2)12-25(30)31)13-23(24)28-19-6-4-17(15-27)5-7-19/h4-7,13-14,18,20,28H,3,8-12,16H2,1-2H3,(H,30,31)/t18-/m1/s1. The highest BCUT2D eigenvalue weighted by Crippen LogP contribution is 2.37. The van der Waals surface area contributed by atoms with Crippen LogP contribution < -0.4 is 10.2 Å². The summed E-state index contributed by atoms with van der Waals surface area (Å²) in [6.07, 6.45) is 1.45. The molecule has 33 heavy (non-hydrogen) atoms. The Morgan fingerprint density at radius 2 is 2.03 bits per heavy atom. The average Bonchev–Trinajstić information content (AvgIpc) is 2.82. The SMILES string of the molecule is CCN(c1cc(F)c([C@@H](COC)CC(=O)O)cc1Nc1ccc(C#N)cc1)C1CCOCC1. The van der Waals surface area contributed by atoms with Crippen LogP contribution in [0.5, 0.6) is 0 Å². The van der Waals surface area contributed by atoms with Gasteiger partial charge >= 0.3 is 5.97 Å². The summed E-state index contributed by atoms with van der Waals surface area (Å²) in [4.78, 5) is 13.6. The molecule has 0 radical (unpaired) electrons. The molecule has 176 valence electrons. The molecule has 0 saturated carbocycles. The van der Waals surface area contributed by atoms with Crippen LogP contribution in [0.15, 0.2) is 36.4 Å². The van der Waals surface area contributed by atoms with Crippen molar-refractivity contribution in [3.05, 3.63) is 53.3 Å². The van der Waals surface area contributed by atoms with E-state index in [4.69, 9.17) is 14.7 Å². The number of carboxylic acids is 1. The topological polar surface area (TPSA) is 94.8 Å². The summed E-state index contributed by atoms with van der Waals surface area (Å²) in [6.45, 7) is 4.13. The minimum atomic E-state index is -1.01. The van der Waals surface area contributed by atoms with Gasteiger partial charge in [0.25, 0.3) is 0 Å². The van der Waals surface area contributed by atoms with Gasteiger partial charge in [-0.2, -0.15) is 5.26 Å². The number of halogens is 1. The molecule has 1 aliphatic heterocycles. The fourth-order valence-electron chi connectivity index (χ4n) is 4.31. The summed E-state index contributed by atoms with van der Waals surface area (Å²) < 4.78 is 26.1. The molecule has 2 N–H and O–H groups in total. The summed E-state index contributed by atoms with van der Waals surface area (Å²) in [7, 11) is 1.47. The van der Waals surface area contributed by atoms with Crippen molar-refractivity contribution >= 4 is 23.0 Å². The van der Waals surface area contributed by atoms with E-state index in [0.29, 0.717) is 42.3 Å². The Hall–Kier alpha value is -3.15. The van der Waals surface area contributed by atoms with Crippen molar-refractivity contribution in [3.63, 3.8) is 0 Å².